The molecule has 110 valence electrons. The van der Waals surface area contributed by atoms with E-state index in [0.717, 1.165) is 5.56 Å². The maximum atomic E-state index is 11.0. The topological polar surface area (TPSA) is 88.8 Å². The third kappa shape index (κ3) is 3.89. The first-order valence-electron chi connectivity index (χ1n) is 6.37. The summed E-state index contributed by atoms with van der Waals surface area (Å²) >= 11 is 1.33. The van der Waals surface area contributed by atoms with E-state index in [4.69, 9.17) is 4.74 Å². The molecule has 0 aliphatic carbocycles. The van der Waals surface area contributed by atoms with Crippen molar-refractivity contribution in [3.8, 4) is 11.6 Å². The average Bonchev–Trinajstić information content (AvgIpc) is 2.96. The first-order valence-corrected chi connectivity index (χ1v) is 7.36. The quantitative estimate of drug-likeness (QED) is 0.687. The fourth-order valence-corrected chi connectivity index (χ4v) is 2.24. The van der Waals surface area contributed by atoms with E-state index in [1.54, 1.807) is 36.9 Å². The minimum atomic E-state index is -0.0514. The van der Waals surface area contributed by atoms with Crippen LogP contribution in [0.15, 0.2) is 53.1 Å². The van der Waals surface area contributed by atoms with E-state index in [9.17, 15) is 4.79 Å². The molecule has 7 nitrogen and oxygen atoms in total. The van der Waals surface area contributed by atoms with Crippen LogP contribution < -0.4 is 10.1 Å². The molecular weight excluding hydrogens is 302 g/mol. The lowest BCUT2D eigenvalue weighted by atomic mass is 10.2. The second-order valence-corrected chi connectivity index (χ2v) is 5.17. The summed E-state index contributed by atoms with van der Waals surface area (Å²) < 4.78 is 5.53. The van der Waals surface area contributed by atoms with Crippen LogP contribution in [0.5, 0.6) is 11.6 Å². The number of hydrogen-bond acceptors (Lipinski definition) is 7. The Morgan fingerprint density at radius 3 is 2.82 bits per heavy atom. The largest absolute Gasteiger partial charge is 0.438 e. The highest BCUT2D eigenvalue weighted by atomic mass is 32.2. The van der Waals surface area contributed by atoms with Crippen LogP contribution in [0.4, 0.5) is 0 Å². The van der Waals surface area contributed by atoms with Crippen LogP contribution in [0.25, 0.3) is 0 Å². The lowest BCUT2D eigenvalue weighted by Crippen LogP contribution is -2.19. The molecule has 1 aromatic heterocycles. The van der Waals surface area contributed by atoms with Crippen LogP contribution in [0.2, 0.25) is 0 Å². The molecule has 1 fully saturated rings. The van der Waals surface area contributed by atoms with Crippen molar-refractivity contribution in [3.63, 3.8) is 0 Å². The number of aromatic nitrogens is 2. The van der Waals surface area contributed by atoms with Crippen molar-refractivity contribution in [3.05, 3.63) is 48.4 Å². The number of benzene rings is 1. The molecule has 0 spiro atoms. The fraction of sp³-hybridized carbons (Fsp3) is 0.0714. The number of nitrogens with one attached hydrogen (secondary N) is 1. The summed E-state index contributed by atoms with van der Waals surface area (Å²) in [4.78, 5) is 18.9. The number of amides is 1. The zero-order valence-electron chi connectivity index (χ0n) is 11.3. The standard InChI is InChI=1S/C14H11N5O2S/c20-12-9-22-14(18-12)19-17-7-10-1-3-11(4-2-10)21-13-8-15-5-6-16-13/h1-8H,9H2,(H,18,19,20). The van der Waals surface area contributed by atoms with Gasteiger partial charge in [0.1, 0.15) is 5.75 Å². The number of carbonyl (C=O) groups is 1. The van der Waals surface area contributed by atoms with E-state index in [1.807, 2.05) is 12.1 Å². The fourth-order valence-electron chi connectivity index (χ4n) is 1.61. The van der Waals surface area contributed by atoms with Gasteiger partial charge in [0.2, 0.25) is 11.8 Å². The van der Waals surface area contributed by atoms with E-state index < -0.39 is 0 Å². The Balaban J connectivity index is 1.61. The zero-order chi connectivity index (χ0) is 15.2. The van der Waals surface area contributed by atoms with Gasteiger partial charge in [-0.15, -0.1) is 5.10 Å². The highest BCUT2D eigenvalue weighted by Crippen LogP contribution is 2.18. The van der Waals surface area contributed by atoms with Gasteiger partial charge in [-0.05, 0) is 29.8 Å². The number of thioether (sulfide) groups is 1. The van der Waals surface area contributed by atoms with E-state index in [2.05, 4.69) is 25.5 Å². The van der Waals surface area contributed by atoms with Gasteiger partial charge in [-0.3, -0.25) is 9.78 Å². The molecule has 2 aromatic rings. The Morgan fingerprint density at radius 2 is 2.14 bits per heavy atom. The highest BCUT2D eigenvalue weighted by molar-refractivity contribution is 8.15. The molecule has 0 saturated carbocycles. The van der Waals surface area contributed by atoms with Crippen molar-refractivity contribution in [2.75, 3.05) is 5.75 Å². The van der Waals surface area contributed by atoms with Crippen LogP contribution in [0.3, 0.4) is 0 Å². The third-order valence-corrected chi connectivity index (χ3v) is 3.45. The highest BCUT2D eigenvalue weighted by Gasteiger charge is 2.15. The van der Waals surface area contributed by atoms with Gasteiger partial charge in [0, 0.05) is 12.4 Å². The third-order valence-electron chi connectivity index (χ3n) is 2.58. The minimum Gasteiger partial charge on any atom is -0.438 e. The second kappa shape index (κ2) is 6.81. The van der Waals surface area contributed by atoms with Gasteiger partial charge in [-0.2, -0.15) is 5.10 Å². The van der Waals surface area contributed by atoms with Crippen LogP contribution in [0.1, 0.15) is 5.56 Å². The normalized spacial score (nSPS) is 16.2. The molecule has 1 aliphatic heterocycles. The van der Waals surface area contributed by atoms with E-state index >= 15 is 0 Å². The first-order chi connectivity index (χ1) is 10.8. The second-order valence-electron chi connectivity index (χ2n) is 4.20. The molecule has 1 amide bonds. The van der Waals surface area contributed by atoms with Gasteiger partial charge in [0.15, 0.2) is 5.17 Å². The van der Waals surface area contributed by atoms with Crippen LogP contribution in [-0.2, 0) is 4.79 Å². The number of nitrogens with zero attached hydrogens (tertiary/aromatic N) is 4. The molecule has 0 radical (unpaired) electrons. The average molecular weight is 313 g/mol. The predicted octanol–water partition coefficient (Wildman–Crippen LogP) is 1.82. The van der Waals surface area contributed by atoms with Crippen molar-refractivity contribution in [1.29, 1.82) is 0 Å². The van der Waals surface area contributed by atoms with Gasteiger partial charge >= 0.3 is 0 Å². The summed E-state index contributed by atoms with van der Waals surface area (Å²) in [7, 11) is 0. The van der Waals surface area contributed by atoms with Crippen molar-refractivity contribution in [1.82, 2.24) is 15.3 Å². The molecular formula is C14H11N5O2S. The van der Waals surface area contributed by atoms with E-state index in [0.29, 0.717) is 22.6 Å². The van der Waals surface area contributed by atoms with Gasteiger partial charge in [0.25, 0.3) is 0 Å². The number of hydrogen-bond donors (Lipinski definition) is 1. The van der Waals surface area contributed by atoms with Crippen molar-refractivity contribution in [2.45, 2.75) is 0 Å². The molecule has 1 aromatic carbocycles. The Labute approximate surface area is 130 Å². The van der Waals surface area contributed by atoms with Crippen molar-refractivity contribution < 1.29 is 9.53 Å². The molecule has 0 unspecified atom stereocenters. The lowest BCUT2D eigenvalue weighted by molar-refractivity contribution is -0.116. The molecule has 8 heteroatoms. The summed E-state index contributed by atoms with van der Waals surface area (Å²) in [6.45, 7) is 0. The van der Waals surface area contributed by atoms with Gasteiger partial charge < -0.3 is 10.1 Å². The van der Waals surface area contributed by atoms with Gasteiger partial charge in [0.05, 0.1) is 18.2 Å². The SMILES string of the molecule is O=C1CSC(=NN=Cc2ccc(Oc3cnccn3)cc2)N1. The molecule has 1 saturated heterocycles. The Hall–Kier alpha value is -2.74. The Morgan fingerprint density at radius 1 is 1.27 bits per heavy atom. The van der Waals surface area contributed by atoms with Crippen molar-refractivity contribution >= 4 is 29.1 Å². The summed E-state index contributed by atoms with van der Waals surface area (Å²) in [5, 5.41) is 11.0. The van der Waals surface area contributed by atoms with Crippen LogP contribution >= 0.6 is 11.8 Å². The van der Waals surface area contributed by atoms with Crippen LogP contribution in [0, 0.1) is 0 Å². The number of ether oxygens (including phenoxy) is 1. The lowest BCUT2D eigenvalue weighted by Gasteiger charge is -2.03. The monoisotopic (exact) mass is 313 g/mol. The van der Waals surface area contributed by atoms with E-state index in [-0.39, 0.29) is 5.91 Å². The maximum Gasteiger partial charge on any atom is 0.237 e. The molecule has 3 rings (SSSR count). The number of amidine groups is 1. The number of carbonyl (C=O) groups excluding carboxylic acids is 1. The molecule has 2 heterocycles. The summed E-state index contributed by atoms with van der Waals surface area (Å²) in [6.07, 6.45) is 6.29. The predicted molar refractivity (Wildman–Crippen MR) is 84.2 cm³/mol. The number of rotatable bonds is 4. The minimum absolute atomic E-state index is 0.0514. The maximum absolute atomic E-state index is 11.0. The van der Waals surface area contributed by atoms with Gasteiger partial charge in [-0.1, -0.05) is 11.8 Å². The van der Waals surface area contributed by atoms with Crippen LogP contribution in [-0.4, -0.2) is 33.0 Å². The molecule has 1 N–H and O–H groups in total. The Bertz CT molecular complexity index is 716. The summed E-state index contributed by atoms with van der Waals surface area (Å²) in [5.74, 6) is 1.43. The zero-order valence-corrected chi connectivity index (χ0v) is 12.2. The molecule has 0 bridgehead atoms. The molecule has 0 atom stereocenters. The van der Waals surface area contributed by atoms with E-state index in [1.165, 1.54) is 11.8 Å². The smallest absolute Gasteiger partial charge is 0.237 e. The van der Waals surface area contributed by atoms with Crippen molar-refractivity contribution in [2.24, 2.45) is 10.2 Å². The summed E-state index contributed by atoms with van der Waals surface area (Å²) in [6, 6.07) is 7.29. The Kier molecular flexibility index (Phi) is 4.40. The summed E-state index contributed by atoms with van der Waals surface area (Å²) in [5.41, 5.74) is 0.866. The molecule has 22 heavy (non-hydrogen) atoms. The van der Waals surface area contributed by atoms with Gasteiger partial charge in [-0.25, -0.2) is 4.98 Å². The first kappa shape index (κ1) is 14.2. The molecule has 1 aliphatic rings.